The highest BCUT2D eigenvalue weighted by atomic mass is 32.2. The van der Waals surface area contributed by atoms with Crippen LogP contribution < -0.4 is 5.32 Å². The molecule has 2 aliphatic heterocycles. The van der Waals surface area contributed by atoms with Crippen molar-refractivity contribution in [2.75, 3.05) is 26.2 Å². The van der Waals surface area contributed by atoms with E-state index in [-0.39, 0.29) is 0 Å². The van der Waals surface area contributed by atoms with Crippen LogP contribution >= 0.6 is 0 Å². The van der Waals surface area contributed by atoms with Crippen molar-refractivity contribution in [1.82, 2.24) is 14.6 Å². The van der Waals surface area contributed by atoms with Crippen LogP contribution in [0.5, 0.6) is 0 Å². The molecule has 110 valence electrons. The smallest absolute Gasteiger partial charge is 0.150 e. The van der Waals surface area contributed by atoms with E-state index in [4.69, 9.17) is 0 Å². The molecule has 1 aromatic carbocycles. The van der Waals surface area contributed by atoms with Crippen LogP contribution in [0.4, 0.5) is 4.39 Å². The van der Waals surface area contributed by atoms with Gasteiger partial charge in [-0.25, -0.2) is 12.9 Å². The molecule has 2 saturated heterocycles. The highest BCUT2D eigenvalue weighted by Crippen LogP contribution is 2.31. The molecule has 4 nitrogen and oxygen atoms in total. The summed E-state index contributed by atoms with van der Waals surface area (Å²) >= 11 is 0. The molecule has 21 heavy (non-hydrogen) atoms. The Morgan fingerprint density at radius 2 is 2.00 bits per heavy atom. The summed E-state index contributed by atoms with van der Waals surface area (Å²) < 4.78 is 29.0. The first kappa shape index (κ1) is 13.3. The average Bonchev–Trinajstić information content (AvgIpc) is 3.07. The molecule has 0 bridgehead atoms. The van der Waals surface area contributed by atoms with Crippen LogP contribution in [-0.2, 0) is 11.0 Å². The number of nitrogens with one attached hydrogen (secondary N) is 1. The Hall–Kier alpha value is -1.37. The van der Waals surface area contributed by atoms with Crippen LogP contribution in [-0.4, -0.2) is 39.7 Å². The van der Waals surface area contributed by atoms with Crippen LogP contribution in [0.15, 0.2) is 35.5 Å². The third-order valence-electron chi connectivity index (χ3n) is 4.48. The van der Waals surface area contributed by atoms with Crippen LogP contribution in [0.2, 0.25) is 0 Å². The van der Waals surface area contributed by atoms with Crippen LogP contribution in [0.3, 0.4) is 0 Å². The second kappa shape index (κ2) is 5.12. The van der Waals surface area contributed by atoms with Crippen LogP contribution in [0, 0.1) is 17.7 Å². The lowest BCUT2D eigenvalue weighted by Crippen LogP contribution is -2.28. The summed E-state index contributed by atoms with van der Waals surface area (Å²) in [5, 5.41) is 4.50. The van der Waals surface area contributed by atoms with Gasteiger partial charge < -0.3 is 5.32 Å². The molecule has 0 saturated carbocycles. The molecule has 2 aromatic rings. The van der Waals surface area contributed by atoms with Gasteiger partial charge in [0.25, 0.3) is 0 Å². The molecule has 2 unspecified atom stereocenters. The number of fused-ring (bicyclic) bond motifs is 2. The van der Waals surface area contributed by atoms with Gasteiger partial charge in [0.1, 0.15) is 11.0 Å². The maximum absolute atomic E-state index is 14.1. The Kier molecular flexibility index (Phi) is 3.24. The van der Waals surface area contributed by atoms with Gasteiger partial charge in [0.05, 0.1) is 11.1 Å². The second-order valence-electron chi connectivity index (χ2n) is 5.75. The summed E-state index contributed by atoms with van der Waals surface area (Å²) in [5.41, 5.74) is 0. The number of rotatable bonds is 2. The summed E-state index contributed by atoms with van der Waals surface area (Å²) in [7, 11) is -1.31. The van der Waals surface area contributed by atoms with E-state index in [1.54, 1.807) is 18.3 Å². The lowest BCUT2D eigenvalue weighted by Gasteiger charge is -2.17. The Morgan fingerprint density at radius 1 is 1.24 bits per heavy atom. The van der Waals surface area contributed by atoms with Gasteiger partial charge in [-0.05, 0) is 31.0 Å². The first-order chi connectivity index (χ1) is 10.2. The zero-order chi connectivity index (χ0) is 14.4. The predicted molar refractivity (Wildman–Crippen MR) is 79.5 cm³/mol. The fourth-order valence-electron chi connectivity index (χ4n) is 3.39. The van der Waals surface area contributed by atoms with Crippen molar-refractivity contribution in [1.29, 1.82) is 0 Å². The number of hydrogen-bond donors (Lipinski definition) is 1. The monoisotopic (exact) mass is 305 g/mol. The van der Waals surface area contributed by atoms with Crippen LogP contribution in [0.1, 0.15) is 0 Å². The number of hydrogen-bond acceptors (Lipinski definition) is 3. The van der Waals surface area contributed by atoms with E-state index < -0.39 is 16.8 Å². The molecular formula is C15H16FN3OS. The van der Waals surface area contributed by atoms with E-state index in [1.807, 2.05) is 10.4 Å². The summed E-state index contributed by atoms with van der Waals surface area (Å²) in [6.45, 7) is 3.61. The standard InChI is InChI=1S/C15H16FN3OS/c16-13-7-18-4-10-2-1-3-14(15(10)13)21(20)19-8-11-5-17-6-12(11)9-19/h1-4,7,11-12,17H,5-6,8-9H2/t11-,12?,21?/m1/s1. The zero-order valence-electron chi connectivity index (χ0n) is 11.5. The second-order valence-corrected chi connectivity index (χ2v) is 7.20. The molecule has 3 heterocycles. The Morgan fingerprint density at radius 3 is 2.76 bits per heavy atom. The quantitative estimate of drug-likeness (QED) is 0.915. The molecular weight excluding hydrogens is 289 g/mol. The summed E-state index contributed by atoms with van der Waals surface area (Å²) in [6, 6.07) is 5.37. The largest absolute Gasteiger partial charge is 0.316 e. The average molecular weight is 305 g/mol. The molecule has 3 atom stereocenters. The van der Waals surface area contributed by atoms with Crippen molar-refractivity contribution in [2.24, 2.45) is 11.8 Å². The molecule has 2 fully saturated rings. The van der Waals surface area contributed by atoms with Crippen molar-refractivity contribution < 1.29 is 8.60 Å². The molecule has 1 N–H and O–H groups in total. The summed E-state index contributed by atoms with van der Waals surface area (Å²) in [5.74, 6) is 0.725. The van der Waals surface area contributed by atoms with Crippen molar-refractivity contribution in [2.45, 2.75) is 4.90 Å². The van der Waals surface area contributed by atoms with Crippen molar-refractivity contribution in [3.63, 3.8) is 0 Å². The van der Waals surface area contributed by atoms with Crippen molar-refractivity contribution in [3.05, 3.63) is 36.4 Å². The molecule has 0 aliphatic carbocycles. The third kappa shape index (κ3) is 2.18. The lowest BCUT2D eigenvalue weighted by molar-refractivity contribution is 0.489. The highest BCUT2D eigenvalue weighted by Gasteiger charge is 2.38. The molecule has 4 rings (SSSR count). The van der Waals surface area contributed by atoms with Gasteiger partial charge in [0.2, 0.25) is 0 Å². The van der Waals surface area contributed by atoms with Gasteiger partial charge in [-0.15, -0.1) is 0 Å². The molecule has 0 amide bonds. The Labute approximate surface area is 124 Å². The van der Waals surface area contributed by atoms with Gasteiger partial charge in [0, 0.05) is 30.1 Å². The zero-order valence-corrected chi connectivity index (χ0v) is 12.3. The molecule has 0 radical (unpaired) electrons. The first-order valence-corrected chi connectivity index (χ1v) is 8.24. The Bertz CT molecular complexity index is 706. The summed E-state index contributed by atoms with van der Waals surface area (Å²) in [4.78, 5) is 4.42. The normalized spacial score (nSPS) is 27.1. The van der Waals surface area contributed by atoms with E-state index in [1.165, 1.54) is 6.20 Å². The maximum Gasteiger partial charge on any atom is 0.150 e. The minimum absolute atomic E-state index is 0.405. The fourth-order valence-corrected chi connectivity index (χ4v) is 4.91. The van der Waals surface area contributed by atoms with E-state index in [0.29, 0.717) is 27.5 Å². The van der Waals surface area contributed by atoms with Crippen molar-refractivity contribution >= 4 is 21.8 Å². The Balaban J connectivity index is 1.72. The molecule has 1 aromatic heterocycles. The van der Waals surface area contributed by atoms with Crippen LogP contribution in [0.25, 0.3) is 10.8 Å². The number of benzene rings is 1. The van der Waals surface area contributed by atoms with Gasteiger partial charge in [-0.3, -0.25) is 4.98 Å². The number of aromatic nitrogens is 1. The third-order valence-corrected chi connectivity index (χ3v) is 5.96. The van der Waals surface area contributed by atoms with Gasteiger partial charge in [-0.1, -0.05) is 12.1 Å². The number of halogens is 1. The van der Waals surface area contributed by atoms with E-state index >= 15 is 0 Å². The predicted octanol–water partition coefficient (Wildman–Crippen LogP) is 1.55. The van der Waals surface area contributed by atoms with E-state index in [9.17, 15) is 8.60 Å². The SMILES string of the molecule is O=S(c1cccc2cncc(F)c12)N1CC2CNC[C@@H]2C1. The van der Waals surface area contributed by atoms with E-state index in [2.05, 4.69) is 10.3 Å². The number of nitrogens with zero attached hydrogens (tertiary/aromatic N) is 2. The minimum atomic E-state index is -1.31. The van der Waals surface area contributed by atoms with E-state index in [0.717, 1.165) is 26.2 Å². The number of pyridine rings is 1. The topological polar surface area (TPSA) is 45.2 Å². The molecule has 2 aliphatic rings. The minimum Gasteiger partial charge on any atom is -0.316 e. The first-order valence-electron chi connectivity index (χ1n) is 7.14. The summed E-state index contributed by atoms with van der Waals surface area (Å²) in [6.07, 6.45) is 2.80. The fraction of sp³-hybridized carbons (Fsp3) is 0.400. The van der Waals surface area contributed by atoms with Crippen molar-refractivity contribution in [3.8, 4) is 0 Å². The maximum atomic E-state index is 14.1. The van der Waals surface area contributed by atoms with Gasteiger partial charge in [-0.2, -0.15) is 0 Å². The molecule has 6 heteroatoms. The van der Waals surface area contributed by atoms with Gasteiger partial charge >= 0.3 is 0 Å². The highest BCUT2D eigenvalue weighted by molar-refractivity contribution is 7.83. The molecule has 0 spiro atoms. The lowest BCUT2D eigenvalue weighted by atomic mass is 10.0. The van der Waals surface area contributed by atoms with Gasteiger partial charge in [0.15, 0.2) is 5.82 Å².